The van der Waals surface area contributed by atoms with Crippen LogP contribution in [0.15, 0.2) is 246 Å². The summed E-state index contributed by atoms with van der Waals surface area (Å²) in [6.45, 7) is 0.876. The van der Waals surface area contributed by atoms with Crippen LogP contribution in [0, 0.1) is 0 Å². The second-order valence-corrected chi connectivity index (χ2v) is 31.5. The summed E-state index contributed by atoms with van der Waals surface area (Å²) in [6, 6.07) is 50.4. The van der Waals surface area contributed by atoms with Crippen molar-refractivity contribution in [3.05, 3.63) is 394 Å². The minimum Gasteiger partial charge on any atom is -0.457 e. The molecule has 24 rings (SSSR count). The highest BCUT2D eigenvalue weighted by Gasteiger charge is 2.55. The molecule has 14 aromatic rings. The fourth-order valence-electron chi connectivity index (χ4n) is 15.9. The van der Waals surface area contributed by atoms with Crippen molar-refractivity contribution < 1.29 is 180 Å². The van der Waals surface area contributed by atoms with Crippen LogP contribution in [0.1, 0.15) is 248 Å². The van der Waals surface area contributed by atoms with E-state index in [9.17, 15) is 133 Å². The summed E-state index contributed by atoms with van der Waals surface area (Å²) in [5.74, 6) is -12.7. The molecule has 0 radical (unpaired) electrons. The lowest BCUT2D eigenvalue weighted by Crippen LogP contribution is -2.41. The minimum absolute atomic E-state index is 0.0154. The van der Waals surface area contributed by atoms with Crippen molar-refractivity contribution in [2.75, 3.05) is 0 Å². The van der Waals surface area contributed by atoms with Gasteiger partial charge in [0, 0.05) is 28.3 Å². The third kappa shape index (κ3) is 16.4. The number of Topliss-reactive ketones (excluding diaryl/α,β-unsaturated/α-hetero) is 2. The van der Waals surface area contributed by atoms with Crippen molar-refractivity contribution in [2.24, 2.45) is 0 Å². The maximum absolute atomic E-state index is 14.2. The Morgan fingerprint density at radius 3 is 0.748 bits per heavy atom. The van der Waals surface area contributed by atoms with Gasteiger partial charge in [0.05, 0.1) is 128 Å². The maximum Gasteiger partial charge on any atom is 0.402 e. The number of benzene rings is 12. The number of hydrogen-bond donors (Lipinski definition) is 0. The molecule has 10 aliphatic rings. The van der Waals surface area contributed by atoms with Gasteiger partial charge in [-0.1, -0.05) is 42.5 Å². The minimum atomic E-state index is -4.84. The van der Waals surface area contributed by atoms with E-state index >= 15 is 0 Å². The van der Waals surface area contributed by atoms with Gasteiger partial charge in [-0.05, 0) is 199 Å². The molecule has 0 spiro atoms. The first-order chi connectivity index (χ1) is 68.1. The Morgan fingerprint density at radius 2 is 0.455 bits per heavy atom. The molecule has 0 saturated carbocycles. The second kappa shape index (κ2) is 34.6. The molecule has 700 valence electrons. The Labute approximate surface area is 786 Å². The third-order valence-corrected chi connectivity index (χ3v) is 23.1. The fourth-order valence-corrected chi connectivity index (χ4v) is 15.9. The van der Waals surface area contributed by atoms with E-state index in [1.54, 1.807) is 60.7 Å². The lowest BCUT2D eigenvalue weighted by atomic mass is 9.74. The highest BCUT2D eigenvalue weighted by molar-refractivity contribution is 6.26. The van der Waals surface area contributed by atoms with Crippen LogP contribution in [0.25, 0.3) is 32.7 Å². The first kappa shape index (κ1) is 91.5. The first-order valence-corrected chi connectivity index (χ1v) is 40.9. The maximum atomic E-state index is 14.2. The SMILES string of the molecule is CC(c1ccc2c(c1)C(=O)OC2=O)(c1ccc2c(c1)C(=O)OC2=O)C(F)(F)F.O=C(c1ccc2c(c1)C(=O)OC2=O)c1ccc2c(c1)C(=O)OC2=O.O=C1CC(=O)c2cc(Oc3cccc(Oc4ccc5c(c4)C(=O)OC5=O)c3)ccc21.O=C1OC(=O)c2cc(-c3ccc4c(c3)C(=O)OC4=O)ccc21.O=C1OC(=O)c2cc(Oc3ccc4c(c3)C(=O)OC4=O)ccc21.O=c1oc(=O)c2cc3c(=O)oc(=O)c3cc12. The van der Waals surface area contributed by atoms with Crippen molar-refractivity contribution in [2.45, 2.75) is 24.9 Å². The van der Waals surface area contributed by atoms with Crippen molar-refractivity contribution in [1.82, 2.24) is 0 Å². The van der Waals surface area contributed by atoms with Gasteiger partial charge in [-0.25, -0.2) is 105 Å². The molecule has 42 heteroatoms. The monoisotopic (exact) mass is 1930 g/mol. The van der Waals surface area contributed by atoms with Gasteiger partial charge in [0.1, 0.15) is 39.9 Å². The zero-order chi connectivity index (χ0) is 101. The van der Waals surface area contributed by atoms with Crippen LogP contribution in [-0.4, -0.2) is 131 Å². The smallest absolute Gasteiger partial charge is 0.402 e. The number of carbonyl (C=O) groups excluding carboxylic acids is 21. The van der Waals surface area contributed by atoms with Gasteiger partial charge < -0.3 is 65.7 Å². The molecule has 0 fully saturated rings. The number of furan rings is 2. The number of alkyl halides is 3. The summed E-state index contributed by atoms with van der Waals surface area (Å²) in [6.07, 6.45) is -4.95. The summed E-state index contributed by atoms with van der Waals surface area (Å²) in [5.41, 5.74) is -3.11. The first-order valence-electron chi connectivity index (χ1n) is 40.9. The highest BCUT2D eigenvalue weighted by Crippen LogP contribution is 2.49. The molecule has 0 unspecified atom stereocenters. The van der Waals surface area contributed by atoms with E-state index in [4.69, 9.17) is 14.2 Å². The van der Waals surface area contributed by atoms with Gasteiger partial charge in [-0.15, -0.1) is 0 Å². The van der Waals surface area contributed by atoms with Crippen LogP contribution in [-0.2, 0) is 48.0 Å². The third-order valence-electron chi connectivity index (χ3n) is 23.1. The highest BCUT2D eigenvalue weighted by atomic mass is 19.4. The molecule has 0 bridgehead atoms. The largest absolute Gasteiger partial charge is 0.457 e. The molecular weight excluding hydrogens is 1890 g/mol. The predicted octanol–water partition coefficient (Wildman–Crippen LogP) is 12.6. The molecule has 9 aliphatic heterocycles. The molecule has 0 amide bonds. The van der Waals surface area contributed by atoms with Gasteiger partial charge in [0.2, 0.25) is 0 Å². The van der Waals surface area contributed by atoms with Gasteiger partial charge in [-0.2, -0.15) is 13.2 Å². The quantitative estimate of drug-likeness (QED) is 0.0502. The molecular formula is C101H41F3O39. The van der Waals surface area contributed by atoms with E-state index in [0.717, 1.165) is 55.5 Å². The Bertz CT molecular complexity index is 8150. The number of cyclic esters (lactones) is 18. The van der Waals surface area contributed by atoms with Crippen LogP contribution < -0.4 is 36.7 Å². The Kier molecular flexibility index (Phi) is 22.2. The normalized spacial score (nSPS) is 14.8. The summed E-state index contributed by atoms with van der Waals surface area (Å²) in [4.78, 5) is 288. The Hall–Kier alpha value is -20.6. The average Bonchev–Trinajstić information content (AvgIpc) is 1.72. The van der Waals surface area contributed by atoms with Gasteiger partial charge in [-0.3, -0.25) is 14.4 Å². The summed E-state index contributed by atoms with van der Waals surface area (Å²) >= 11 is 0. The zero-order valence-corrected chi connectivity index (χ0v) is 71.0. The molecule has 1 aliphatic carbocycles. The summed E-state index contributed by atoms with van der Waals surface area (Å²) in [5, 5.41) is -0.0726. The van der Waals surface area contributed by atoms with Crippen molar-refractivity contribution in [1.29, 1.82) is 0 Å². The fraction of sp³-hybridized carbons (Fsp3) is 0.0396. The van der Waals surface area contributed by atoms with Crippen LogP contribution in [0.4, 0.5) is 13.2 Å². The van der Waals surface area contributed by atoms with E-state index in [-0.39, 0.29) is 173 Å². The number of fused-ring (bicyclic) bond motifs is 12. The molecule has 143 heavy (non-hydrogen) atoms. The zero-order valence-electron chi connectivity index (χ0n) is 71.0. The number of esters is 18. The van der Waals surface area contributed by atoms with E-state index in [0.29, 0.717) is 45.3 Å². The Balaban J connectivity index is 0.000000110. The topological polar surface area (TPSA) is 564 Å². The lowest BCUT2D eigenvalue weighted by Gasteiger charge is -2.33. The van der Waals surface area contributed by atoms with Gasteiger partial charge in [0.25, 0.3) is 0 Å². The van der Waals surface area contributed by atoms with E-state index in [1.807, 2.05) is 0 Å². The number of halogens is 3. The summed E-state index contributed by atoms with van der Waals surface area (Å²) < 4.78 is 109. The lowest BCUT2D eigenvalue weighted by molar-refractivity contribution is -0.173. The molecule has 0 N–H and O–H groups in total. The number of hydrogen-bond acceptors (Lipinski definition) is 39. The Morgan fingerprint density at radius 1 is 0.231 bits per heavy atom. The molecule has 0 saturated heterocycles. The van der Waals surface area contributed by atoms with E-state index in [2.05, 4.69) is 51.5 Å². The van der Waals surface area contributed by atoms with Crippen molar-refractivity contribution in [3.8, 4) is 45.6 Å². The van der Waals surface area contributed by atoms with Crippen LogP contribution >= 0.6 is 0 Å². The van der Waals surface area contributed by atoms with Crippen LogP contribution in [0.3, 0.4) is 0 Å². The van der Waals surface area contributed by atoms with Crippen LogP contribution in [0.5, 0.6) is 34.5 Å². The number of ketones is 3. The van der Waals surface area contributed by atoms with Crippen molar-refractivity contribution in [3.63, 3.8) is 0 Å². The molecule has 2 aromatic heterocycles. The number of ether oxygens (including phenoxy) is 12. The standard InChI is InChI=1S/C23H12O7.C19H9F3O6.C17H6O7.C16H6O7.C16H6O6.C10H2O6/c24-20-11-21(25)18-9-14(4-6-16(18)20)28-12-2-1-3-13(8-12)29-15-5-7-17-19(10-15)23(27)30-22(17)26;1-18(19(20,21)22,8-2-4-10-12(6-8)16(25)27-14(10)23)9-3-5-11-13(7-9)17(26)28-15(11)24;18-13(7-1-3-9-11(5-7)16(21)23-14(9)19)8-2-4-10-12(6-8)17(22)24-15(10)20;17-13-9-3-1-7(5-11(9)15(19)22-13)21-8-2-4-10-12(6-8)16(20)23-14(10)18;17-13-9-3-1-7(5-11(9)15(19)21-13)8-2-4-10-12(6-8)16(20)22-14(10)18;11-7-3-1-4-6(10(14)16-8(4)12)2-5(3)9(13)15-7/h1-10H,11H2;2-7H,1H3;1-6H;1-6H;1-6H;1-2H. The summed E-state index contributed by atoms with van der Waals surface area (Å²) in [7, 11) is 0. The molecule has 39 nitrogen and oxygen atoms in total. The van der Waals surface area contributed by atoms with Crippen molar-refractivity contribution >= 4 is 146 Å². The van der Waals surface area contributed by atoms with Gasteiger partial charge >= 0.3 is 136 Å². The second-order valence-electron chi connectivity index (χ2n) is 31.5. The number of rotatable bonds is 11. The predicted molar refractivity (Wildman–Crippen MR) is 460 cm³/mol. The van der Waals surface area contributed by atoms with E-state index < -0.39 is 147 Å². The average molecular weight is 1940 g/mol. The van der Waals surface area contributed by atoms with E-state index in [1.165, 1.54) is 109 Å². The number of carbonyl (C=O) groups is 21. The molecule has 11 heterocycles. The molecule has 12 aromatic carbocycles. The van der Waals surface area contributed by atoms with Gasteiger partial charge in [0.15, 0.2) is 17.3 Å². The van der Waals surface area contributed by atoms with Crippen LogP contribution in [0.2, 0.25) is 0 Å². The molecule has 0 atom stereocenters.